The molecule has 0 saturated heterocycles. The van der Waals surface area contributed by atoms with E-state index in [9.17, 15) is 9.90 Å². The summed E-state index contributed by atoms with van der Waals surface area (Å²) < 4.78 is 5.55. The molecule has 0 aliphatic carbocycles. The summed E-state index contributed by atoms with van der Waals surface area (Å²) in [7, 11) is 0. The molecule has 1 aromatic heterocycles. The minimum absolute atomic E-state index is 0.0306. The summed E-state index contributed by atoms with van der Waals surface area (Å²) in [5.41, 5.74) is 1.78. The molecule has 0 bridgehead atoms. The number of carbonyl (C=O) groups excluding carboxylic acids is 1. The van der Waals surface area contributed by atoms with Crippen molar-refractivity contribution in [3.05, 3.63) is 107 Å². The highest BCUT2D eigenvalue weighted by Crippen LogP contribution is 2.36. The number of hydrogen-bond donors (Lipinski definition) is 2. The fourth-order valence-electron chi connectivity index (χ4n) is 3.32. The molecule has 1 heterocycles. The second-order valence-electron chi connectivity index (χ2n) is 7.11. The monoisotopic (exact) mass is 444 g/mol. The number of hydrogen-bond acceptors (Lipinski definition) is 4. The fraction of sp³-hybridized carbons (Fsp3) is 0.0769. The maximum absolute atomic E-state index is 12.7. The smallest absolute Gasteiger partial charge is 0.258 e. The Kier molecular flexibility index (Phi) is 6.68. The number of rotatable bonds is 7. The Labute approximate surface area is 191 Å². The molecule has 0 spiro atoms. The number of phenols is 1. The Morgan fingerprint density at radius 1 is 1.06 bits per heavy atom. The number of benzene rings is 3. The highest BCUT2D eigenvalue weighted by molar-refractivity contribution is 6.35. The summed E-state index contributed by atoms with van der Waals surface area (Å²) >= 11 is 6.46. The highest BCUT2D eigenvalue weighted by Gasteiger charge is 2.20. The van der Waals surface area contributed by atoms with E-state index in [1.54, 1.807) is 42.6 Å². The van der Waals surface area contributed by atoms with E-state index in [0.29, 0.717) is 27.2 Å². The molecule has 0 saturated carbocycles. The van der Waals surface area contributed by atoms with Gasteiger partial charge in [-0.05, 0) is 35.9 Å². The van der Waals surface area contributed by atoms with Crippen molar-refractivity contribution in [3.63, 3.8) is 0 Å². The van der Waals surface area contributed by atoms with Crippen molar-refractivity contribution in [1.82, 2.24) is 10.3 Å². The molecule has 1 atom stereocenters. The molecule has 6 heteroatoms. The van der Waals surface area contributed by atoms with Gasteiger partial charge in [-0.25, -0.2) is 0 Å². The number of pyridine rings is 1. The van der Waals surface area contributed by atoms with Gasteiger partial charge >= 0.3 is 0 Å². The van der Waals surface area contributed by atoms with Crippen LogP contribution in [0.4, 0.5) is 0 Å². The van der Waals surface area contributed by atoms with Crippen LogP contribution < -0.4 is 10.1 Å². The second kappa shape index (κ2) is 9.98. The molecular formula is C26H21ClN2O3. The number of fused-ring (bicyclic) bond motifs is 1. The zero-order valence-corrected chi connectivity index (χ0v) is 17.9. The van der Waals surface area contributed by atoms with Crippen molar-refractivity contribution in [3.8, 4) is 11.5 Å². The Bertz CT molecular complexity index is 1240. The average Bonchev–Trinajstić information content (AvgIpc) is 2.84. The fourth-order valence-corrected chi connectivity index (χ4v) is 3.59. The molecule has 1 amide bonds. The zero-order valence-electron chi connectivity index (χ0n) is 17.1. The topological polar surface area (TPSA) is 71.5 Å². The van der Waals surface area contributed by atoms with Crippen molar-refractivity contribution in [2.24, 2.45) is 0 Å². The van der Waals surface area contributed by atoms with Gasteiger partial charge in [-0.3, -0.25) is 9.78 Å². The second-order valence-corrected chi connectivity index (χ2v) is 7.52. The van der Waals surface area contributed by atoms with Gasteiger partial charge in [-0.2, -0.15) is 0 Å². The molecule has 0 fully saturated rings. The molecule has 0 aliphatic rings. The number of aromatic nitrogens is 1. The van der Waals surface area contributed by atoms with Gasteiger partial charge in [-0.1, -0.05) is 72.3 Å². The van der Waals surface area contributed by atoms with Crippen LogP contribution in [0, 0.1) is 0 Å². The largest absolute Gasteiger partial charge is 0.505 e. The highest BCUT2D eigenvalue weighted by atomic mass is 35.5. The minimum atomic E-state index is -0.647. The predicted octanol–water partition coefficient (Wildman–Crippen LogP) is 5.54. The quantitative estimate of drug-likeness (QED) is 0.392. The lowest BCUT2D eigenvalue weighted by Crippen LogP contribution is -2.32. The number of ether oxygens (including phenoxy) is 1. The first kappa shape index (κ1) is 21.4. The van der Waals surface area contributed by atoms with Crippen LogP contribution in [0.25, 0.3) is 17.0 Å². The Morgan fingerprint density at radius 2 is 1.78 bits per heavy atom. The van der Waals surface area contributed by atoms with Crippen molar-refractivity contribution < 1.29 is 14.6 Å². The van der Waals surface area contributed by atoms with E-state index < -0.39 is 6.04 Å². The van der Waals surface area contributed by atoms with Crippen LogP contribution in [0.15, 0.2) is 91.1 Å². The van der Waals surface area contributed by atoms with Crippen molar-refractivity contribution in [1.29, 1.82) is 0 Å². The summed E-state index contributed by atoms with van der Waals surface area (Å²) in [6.45, 7) is -0.167. The first-order valence-corrected chi connectivity index (χ1v) is 10.5. The van der Waals surface area contributed by atoms with Gasteiger partial charge < -0.3 is 15.2 Å². The van der Waals surface area contributed by atoms with Gasteiger partial charge in [0, 0.05) is 17.1 Å². The van der Waals surface area contributed by atoms with Gasteiger partial charge in [0.05, 0.1) is 11.1 Å². The molecule has 1 unspecified atom stereocenters. The van der Waals surface area contributed by atoms with E-state index >= 15 is 0 Å². The first-order valence-electron chi connectivity index (χ1n) is 10.1. The van der Waals surface area contributed by atoms with E-state index in [-0.39, 0.29) is 18.3 Å². The van der Waals surface area contributed by atoms with Gasteiger partial charge in [0.1, 0.15) is 17.0 Å². The van der Waals surface area contributed by atoms with E-state index in [4.69, 9.17) is 16.3 Å². The van der Waals surface area contributed by atoms with Crippen molar-refractivity contribution >= 4 is 34.5 Å². The molecule has 3 aromatic carbocycles. The van der Waals surface area contributed by atoms with Crippen LogP contribution in [-0.2, 0) is 4.79 Å². The lowest BCUT2D eigenvalue weighted by atomic mass is 10.0. The third-order valence-corrected chi connectivity index (χ3v) is 5.20. The van der Waals surface area contributed by atoms with Crippen LogP contribution in [-0.4, -0.2) is 22.6 Å². The van der Waals surface area contributed by atoms with Crippen LogP contribution >= 0.6 is 11.6 Å². The average molecular weight is 445 g/mol. The lowest BCUT2D eigenvalue weighted by Gasteiger charge is -2.19. The van der Waals surface area contributed by atoms with Gasteiger partial charge in [0.2, 0.25) is 0 Å². The SMILES string of the molecule is O=C(COc1ccccc1)NC(C=Cc1ccccc1)c1cc(Cl)c2cccnc2c1O. The molecule has 5 nitrogen and oxygen atoms in total. The summed E-state index contributed by atoms with van der Waals surface area (Å²) in [4.78, 5) is 16.9. The number of para-hydroxylation sites is 1. The standard InChI is InChI=1S/C26H21ClN2O3/c27-22-16-21(26(31)25-20(22)12-7-15-28-25)23(14-13-18-8-3-1-4-9-18)29-24(30)17-32-19-10-5-2-6-11-19/h1-16,23,31H,17H2,(H,29,30). The summed E-state index contributed by atoms with van der Waals surface area (Å²) in [5, 5.41) is 14.9. The number of carbonyl (C=O) groups is 1. The Morgan fingerprint density at radius 3 is 2.53 bits per heavy atom. The van der Waals surface area contributed by atoms with E-state index in [1.165, 1.54) is 0 Å². The zero-order chi connectivity index (χ0) is 22.3. The molecule has 4 aromatic rings. The molecule has 4 rings (SSSR count). The predicted molar refractivity (Wildman–Crippen MR) is 127 cm³/mol. The third-order valence-electron chi connectivity index (χ3n) is 4.89. The normalized spacial score (nSPS) is 12.0. The minimum Gasteiger partial charge on any atom is -0.505 e. The van der Waals surface area contributed by atoms with E-state index in [1.807, 2.05) is 54.6 Å². The molecular weight excluding hydrogens is 424 g/mol. The molecule has 0 aliphatic heterocycles. The number of amides is 1. The number of nitrogens with one attached hydrogen (secondary N) is 1. The number of nitrogens with zero attached hydrogens (tertiary/aromatic N) is 1. The lowest BCUT2D eigenvalue weighted by molar-refractivity contribution is -0.123. The van der Waals surface area contributed by atoms with Gasteiger partial charge in [0.25, 0.3) is 5.91 Å². The van der Waals surface area contributed by atoms with Crippen LogP contribution in [0.1, 0.15) is 17.2 Å². The molecule has 32 heavy (non-hydrogen) atoms. The van der Waals surface area contributed by atoms with E-state index in [2.05, 4.69) is 10.3 Å². The number of halogens is 1. The third kappa shape index (κ3) is 5.07. The van der Waals surface area contributed by atoms with Crippen molar-refractivity contribution in [2.45, 2.75) is 6.04 Å². The summed E-state index contributed by atoms with van der Waals surface area (Å²) in [6.07, 6.45) is 5.26. The van der Waals surface area contributed by atoms with Crippen LogP contribution in [0.2, 0.25) is 5.02 Å². The van der Waals surface area contributed by atoms with Crippen LogP contribution in [0.5, 0.6) is 11.5 Å². The Hall–Kier alpha value is -3.83. The Balaban J connectivity index is 1.63. The number of phenolic OH excluding ortho intramolecular Hbond substituents is 1. The molecule has 0 radical (unpaired) electrons. The maximum atomic E-state index is 12.7. The summed E-state index contributed by atoms with van der Waals surface area (Å²) in [5.74, 6) is 0.227. The maximum Gasteiger partial charge on any atom is 0.258 e. The van der Waals surface area contributed by atoms with Gasteiger partial charge in [0.15, 0.2) is 6.61 Å². The van der Waals surface area contributed by atoms with Gasteiger partial charge in [-0.15, -0.1) is 0 Å². The van der Waals surface area contributed by atoms with E-state index in [0.717, 1.165) is 5.56 Å². The summed E-state index contributed by atoms with van der Waals surface area (Å²) in [6, 6.07) is 23.3. The molecule has 160 valence electrons. The first-order chi connectivity index (χ1) is 15.6. The van der Waals surface area contributed by atoms with Crippen molar-refractivity contribution in [2.75, 3.05) is 6.61 Å². The molecule has 2 N–H and O–H groups in total. The van der Waals surface area contributed by atoms with Crippen LogP contribution in [0.3, 0.4) is 0 Å². The number of aromatic hydroxyl groups is 1.